The van der Waals surface area contributed by atoms with Crippen molar-refractivity contribution in [3.63, 3.8) is 0 Å². The number of hydrogen-bond donors (Lipinski definition) is 0. The van der Waals surface area contributed by atoms with Crippen molar-refractivity contribution < 1.29 is 9.13 Å². The van der Waals surface area contributed by atoms with Crippen LogP contribution in [0.4, 0.5) is 0 Å². The molecule has 1 aromatic carbocycles. The van der Waals surface area contributed by atoms with Gasteiger partial charge in [-0.3, -0.25) is 0 Å². The Bertz CT molecular complexity index is 1830. The van der Waals surface area contributed by atoms with Gasteiger partial charge in [0.2, 0.25) is 5.69 Å². The third kappa shape index (κ3) is 4.38. The van der Waals surface area contributed by atoms with E-state index in [1.807, 2.05) is 0 Å². The van der Waals surface area contributed by atoms with Gasteiger partial charge in [-0.05, 0) is 52.6 Å². The summed E-state index contributed by atoms with van der Waals surface area (Å²) in [4.78, 5) is 3.71. The highest BCUT2D eigenvalue weighted by molar-refractivity contribution is 7.95. The van der Waals surface area contributed by atoms with Crippen molar-refractivity contribution in [3.05, 3.63) is 88.8 Å². The summed E-state index contributed by atoms with van der Waals surface area (Å²) in [5, 5.41) is 2.46. The van der Waals surface area contributed by atoms with Gasteiger partial charge in [-0.1, -0.05) is 80.2 Å². The van der Waals surface area contributed by atoms with Gasteiger partial charge in [0.15, 0.2) is 18.9 Å². The summed E-state index contributed by atoms with van der Waals surface area (Å²) < 4.78 is 21.3. The zero-order chi connectivity index (χ0) is 30.2. The third-order valence-electron chi connectivity index (χ3n) is 8.90. The number of pyridine rings is 1. The predicted octanol–water partition coefficient (Wildman–Crippen LogP) is 9.76. The normalized spacial score (nSPS) is 15.2. The second kappa shape index (κ2) is 10.1. The molecule has 0 saturated heterocycles. The van der Waals surface area contributed by atoms with Crippen molar-refractivity contribution in [2.75, 3.05) is 0 Å². The molecule has 0 fully saturated rings. The molecule has 0 aliphatic carbocycles. The zero-order valence-electron chi connectivity index (χ0n) is 26.0. The van der Waals surface area contributed by atoms with Gasteiger partial charge in [0.1, 0.15) is 4.88 Å². The van der Waals surface area contributed by atoms with E-state index in [1.54, 1.807) is 34.0 Å². The van der Waals surface area contributed by atoms with Crippen LogP contribution in [0.2, 0.25) is 0 Å². The summed E-state index contributed by atoms with van der Waals surface area (Å²) in [6.07, 6.45) is 4.14. The van der Waals surface area contributed by atoms with Gasteiger partial charge in [0, 0.05) is 39.8 Å². The van der Waals surface area contributed by atoms with E-state index in [2.05, 4.69) is 127 Å². The Morgan fingerprint density at radius 1 is 0.786 bits per heavy atom. The molecule has 218 valence electrons. The minimum Gasteiger partial charge on any atom is -0.306 e. The molecule has 0 bridgehead atoms. The molecule has 0 atom stereocenters. The number of benzene rings is 1. The van der Waals surface area contributed by atoms with E-state index in [1.165, 1.54) is 31.1 Å². The summed E-state index contributed by atoms with van der Waals surface area (Å²) >= 11 is 5.16. The first-order chi connectivity index (χ1) is 19.8. The first-order valence-electron chi connectivity index (χ1n) is 14.9. The maximum absolute atomic E-state index is 15.9. The molecule has 1 aliphatic rings. The first kappa shape index (κ1) is 29.8. The van der Waals surface area contributed by atoms with Gasteiger partial charge in [-0.2, -0.15) is 4.57 Å². The van der Waals surface area contributed by atoms with Crippen LogP contribution in [0.15, 0.2) is 73.4 Å². The molecule has 0 radical (unpaired) electrons. The van der Waals surface area contributed by atoms with Crippen molar-refractivity contribution in [2.45, 2.75) is 84.6 Å². The lowest BCUT2D eigenvalue weighted by molar-refractivity contribution is -0.740. The lowest BCUT2D eigenvalue weighted by Gasteiger charge is -2.33. The van der Waals surface area contributed by atoms with Gasteiger partial charge in [-0.25, -0.2) is 0 Å². The topological polar surface area (TPSA) is 20.9 Å². The smallest absolute Gasteiger partial charge is 0.231 e. The van der Waals surface area contributed by atoms with E-state index < -0.39 is 7.14 Å². The molecule has 1 aliphatic heterocycles. The number of allylic oxidation sites excluding steroid dienone is 1. The zero-order valence-corrected chi connectivity index (χ0v) is 29.3. The van der Waals surface area contributed by atoms with Crippen LogP contribution in [0.5, 0.6) is 0 Å². The lowest BCUT2D eigenvalue weighted by atomic mass is 9.77. The van der Waals surface area contributed by atoms with Crippen LogP contribution in [0.1, 0.15) is 83.5 Å². The summed E-state index contributed by atoms with van der Waals surface area (Å²) in [6.45, 7) is 22.7. The van der Waals surface area contributed by atoms with E-state index in [9.17, 15) is 0 Å². The first-order valence-corrected chi connectivity index (χ1v) is 19.0. The number of nitrogens with zero attached hydrogens (tertiary/aromatic N) is 1. The Hall–Kier alpha value is -2.30. The molecule has 6 heteroatoms. The summed E-state index contributed by atoms with van der Waals surface area (Å²) in [6, 6.07) is 21.8. The number of fused-ring (bicyclic) bond motifs is 5. The largest absolute Gasteiger partial charge is 0.306 e. The van der Waals surface area contributed by atoms with Crippen molar-refractivity contribution >= 4 is 71.4 Å². The van der Waals surface area contributed by atoms with Gasteiger partial charge in [0.05, 0.1) is 19.2 Å². The maximum atomic E-state index is 15.9. The molecule has 0 saturated carbocycles. The highest BCUT2D eigenvalue weighted by atomic mass is 32.1. The van der Waals surface area contributed by atoms with Gasteiger partial charge in [-0.15, -0.1) is 34.0 Å². The summed E-state index contributed by atoms with van der Waals surface area (Å²) in [5.41, 5.74) is 3.30. The number of aromatic nitrogens is 1. The second-order valence-electron chi connectivity index (χ2n) is 13.6. The molecule has 4 aromatic heterocycles. The molecule has 0 amide bonds. The van der Waals surface area contributed by atoms with E-state index in [4.69, 9.17) is 6.58 Å². The Morgan fingerprint density at radius 3 is 1.88 bits per heavy atom. The molecule has 6 rings (SSSR count). The van der Waals surface area contributed by atoms with Crippen LogP contribution >= 0.6 is 41.2 Å². The lowest BCUT2D eigenvalue weighted by Crippen LogP contribution is -2.59. The summed E-state index contributed by atoms with van der Waals surface area (Å²) in [7, 11) is -3.13. The molecule has 5 heterocycles. The summed E-state index contributed by atoms with van der Waals surface area (Å²) in [5.74, 6) is 0. The van der Waals surface area contributed by atoms with Gasteiger partial charge >= 0.3 is 0 Å². The van der Waals surface area contributed by atoms with E-state index in [0.29, 0.717) is 0 Å². The van der Waals surface area contributed by atoms with Crippen LogP contribution in [-0.4, -0.2) is 0 Å². The Kier molecular flexibility index (Phi) is 7.17. The molecule has 0 spiro atoms. The van der Waals surface area contributed by atoms with Gasteiger partial charge < -0.3 is 4.57 Å². The van der Waals surface area contributed by atoms with Crippen molar-refractivity contribution in [2.24, 2.45) is 0 Å². The Balaban J connectivity index is 1.66. The van der Waals surface area contributed by atoms with Crippen LogP contribution in [0.25, 0.3) is 26.9 Å². The van der Waals surface area contributed by atoms with Crippen molar-refractivity contribution in [3.8, 4) is 10.6 Å². The molecular formula is C36H41NOPS3+. The fraction of sp³-hybridized carbons (Fsp3) is 0.361. The second-order valence-corrected chi connectivity index (χ2v) is 20.3. The number of hydrogen-bond acceptors (Lipinski definition) is 4. The average Bonchev–Trinajstić information content (AvgIpc) is 3.72. The average molecular weight is 631 g/mol. The standard InChI is InChI=1S/C36H41NOPS3/c1-10-36(11-2)23(3)26-22-31(42-33(26)32-25-15-13-12-14-24(25)20-21-37(32)36)39(38,29-18-16-27(40-29)34(4,5)6)30-19-17-28(41-30)35(7,8)9/h12-22H,3,10-11H2,1-2,4-9H3/q+1. The fourth-order valence-electron chi connectivity index (χ4n) is 6.28. The molecular weight excluding hydrogens is 590 g/mol. The minimum atomic E-state index is -3.13. The Morgan fingerprint density at radius 2 is 1.36 bits per heavy atom. The highest BCUT2D eigenvalue weighted by Crippen LogP contribution is 2.54. The molecule has 42 heavy (non-hydrogen) atoms. The quantitative estimate of drug-likeness (QED) is 0.140. The predicted molar refractivity (Wildman–Crippen MR) is 188 cm³/mol. The number of thiophene rings is 3. The van der Waals surface area contributed by atoms with Crippen LogP contribution < -0.4 is 18.4 Å². The maximum Gasteiger partial charge on any atom is 0.231 e. The van der Waals surface area contributed by atoms with Crippen LogP contribution in [0, 0.1) is 0 Å². The molecule has 5 aromatic rings. The fourth-order valence-corrected chi connectivity index (χ4v) is 15.1. The van der Waals surface area contributed by atoms with E-state index >= 15 is 4.57 Å². The van der Waals surface area contributed by atoms with Crippen molar-refractivity contribution in [1.82, 2.24) is 0 Å². The monoisotopic (exact) mass is 630 g/mol. The van der Waals surface area contributed by atoms with Crippen LogP contribution in [0.3, 0.4) is 0 Å². The number of rotatable bonds is 5. The van der Waals surface area contributed by atoms with Crippen molar-refractivity contribution in [1.29, 1.82) is 0 Å². The van der Waals surface area contributed by atoms with E-state index in [-0.39, 0.29) is 16.4 Å². The van der Waals surface area contributed by atoms with Crippen LogP contribution in [-0.2, 0) is 20.9 Å². The minimum absolute atomic E-state index is 0.000903. The Labute approximate surface area is 263 Å². The molecule has 0 unspecified atom stereocenters. The molecule has 0 N–H and O–H groups in total. The molecule has 2 nitrogen and oxygen atoms in total. The SMILES string of the molecule is C=C1c2cc(P(=O)(c3ccc(C(C)(C)C)s3)c3ccc(C(C)(C)C)s3)sc2-c2c3ccccc3cc[n+]2C1(CC)CC. The van der Waals surface area contributed by atoms with E-state index in [0.717, 1.165) is 37.8 Å². The third-order valence-corrected chi connectivity index (χ3v) is 17.9. The highest BCUT2D eigenvalue weighted by Gasteiger charge is 2.49. The van der Waals surface area contributed by atoms with Gasteiger partial charge in [0.25, 0.3) is 0 Å².